The standard InChI is InChI=1S/C11H10F4N4OS/c1-19(2)10-16-4-5(21-10)8-17-7(12)6(11(13,14)15)9(18-8)20-3/h4H,1-3H3. The molecule has 2 aromatic rings. The third-order valence-corrected chi connectivity index (χ3v) is 3.57. The van der Waals surface area contributed by atoms with Crippen LogP contribution in [0.5, 0.6) is 5.88 Å². The van der Waals surface area contributed by atoms with Crippen LogP contribution < -0.4 is 9.64 Å². The summed E-state index contributed by atoms with van der Waals surface area (Å²) in [6, 6.07) is 0. The van der Waals surface area contributed by atoms with Gasteiger partial charge < -0.3 is 9.64 Å². The van der Waals surface area contributed by atoms with Gasteiger partial charge >= 0.3 is 6.18 Å². The molecule has 0 N–H and O–H groups in total. The number of aromatic nitrogens is 3. The van der Waals surface area contributed by atoms with Crippen molar-refractivity contribution in [2.24, 2.45) is 0 Å². The SMILES string of the molecule is COc1nc(-c2cnc(N(C)C)s2)nc(F)c1C(F)(F)F. The summed E-state index contributed by atoms with van der Waals surface area (Å²) in [6.45, 7) is 0. The lowest BCUT2D eigenvalue weighted by atomic mass is 10.3. The molecule has 2 rings (SSSR count). The number of hydrogen-bond donors (Lipinski definition) is 0. The van der Waals surface area contributed by atoms with E-state index in [0.717, 1.165) is 18.4 Å². The van der Waals surface area contributed by atoms with Gasteiger partial charge in [-0.2, -0.15) is 27.5 Å². The van der Waals surface area contributed by atoms with Crippen LogP contribution in [0.2, 0.25) is 0 Å². The van der Waals surface area contributed by atoms with Crippen molar-refractivity contribution < 1.29 is 22.3 Å². The van der Waals surface area contributed by atoms with Gasteiger partial charge in [0, 0.05) is 14.1 Å². The highest BCUT2D eigenvalue weighted by Crippen LogP contribution is 2.38. The van der Waals surface area contributed by atoms with E-state index in [2.05, 4.69) is 19.7 Å². The van der Waals surface area contributed by atoms with Crippen LogP contribution >= 0.6 is 11.3 Å². The summed E-state index contributed by atoms with van der Waals surface area (Å²) in [5, 5.41) is 0.591. The lowest BCUT2D eigenvalue weighted by Crippen LogP contribution is -2.14. The molecular formula is C11H10F4N4OS. The largest absolute Gasteiger partial charge is 0.480 e. The minimum atomic E-state index is -4.93. The first kappa shape index (κ1) is 15.4. The quantitative estimate of drug-likeness (QED) is 0.642. The number of halogens is 4. The Morgan fingerprint density at radius 1 is 1.24 bits per heavy atom. The maximum absolute atomic E-state index is 13.7. The lowest BCUT2D eigenvalue weighted by Gasteiger charge is -2.11. The molecular weight excluding hydrogens is 312 g/mol. The van der Waals surface area contributed by atoms with Crippen LogP contribution in [0.3, 0.4) is 0 Å². The summed E-state index contributed by atoms with van der Waals surface area (Å²) in [5.74, 6) is -2.74. The number of hydrogen-bond acceptors (Lipinski definition) is 6. The van der Waals surface area contributed by atoms with Gasteiger partial charge in [-0.15, -0.1) is 0 Å². The third-order valence-electron chi connectivity index (χ3n) is 2.40. The molecule has 0 aromatic carbocycles. The number of methoxy groups -OCH3 is 1. The maximum atomic E-state index is 13.7. The van der Waals surface area contributed by atoms with E-state index in [9.17, 15) is 17.6 Å². The maximum Gasteiger partial charge on any atom is 0.426 e. The van der Waals surface area contributed by atoms with Gasteiger partial charge in [0.05, 0.1) is 18.2 Å². The molecule has 114 valence electrons. The van der Waals surface area contributed by atoms with E-state index < -0.39 is 23.6 Å². The Morgan fingerprint density at radius 3 is 2.38 bits per heavy atom. The fourth-order valence-corrected chi connectivity index (χ4v) is 2.26. The molecule has 21 heavy (non-hydrogen) atoms. The predicted octanol–water partition coefficient (Wildman–Crippen LogP) is 2.83. The molecule has 0 atom stereocenters. The topological polar surface area (TPSA) is 51.1 Å². The van der Waals surface area contributed by atoms with E-state index >= 15 is 0 Å². The molecule has 0 amide bonds. The summed E-state index contributed by atoms with van der Waals surface area (Å²) in [4.78, 5) is 13.0. The van der Waals surface area contributed by atoms with E-state index in [1.54, 1.807) is 19.0 Å². The zero-order valence-corrected chi connectivity index (χ0v) is 12.0. The number of rotatable bonds is 3. The smallest absolute Gasteiger partial charge is 0.426 e. The van der Waals surface area contributed by atoms with Crippen LogP contribution in [-0.4, -0.2) is 36.2 Å². The second kappa shape index (κ2) is 5.43. The first-order chi connectivity index (χ1) is 9.74. The third kappa shape index (κ3) is 3.04. The first-order valence-electron chi connectivity index (χ1n) is 5.56. The molecule has 10 heteroatoms. The molecule has 0 spiro atoms. The van der Waals surface area contributed by atoms with Crippen LogP contribution in [-0.2, 0) is 6.18 Å². The Hall–Kier alpha value is -1.97. The van der Waals surface area contributed by atoms with Gasteiger partial charge in [-0.05, 0) is 0 Å². The fraction of sp³-hybridized carbons (Fsp3) is 0.364. The molecule has 0 aliphatic carbocycles. The molecule has 0 saturated heterocycles. The van der Waals surface area contributed by atoms with Crippen LogP contribution in [0.25, 0.3) is 10.7 Å². The van der Waals surface area contributed by atoms with E-state index in [-0.39, 0.29) is 5.82 Å². The molecule has 0 saturated carbocycles. The van der Waals surface area contributed by atoms with E-state index in [1.807, 2.05) is 0 Å². The summed E-state index contributed by atoms with van der Waals surface area (Å²) in [5.41, 5.74) is -1.62. The fourth-order valence-electron chi connectivity index (χ4n) is 1.49. The molecule has 0 bridgehead atoms. The highest BCUT2D eigenvalue weighted by atomic mass is 32.1. The van der Waals surface area contributed by atoms with Crippen LogP contribution in [0.15, 0.2) is 6.20 Å². The highest BCUT2D eigenvalue weighted by Gasteiger charge is 2.40. The van der Waals surface area contributed by atoms with E-state index in [4.69, 9.17) is 0 Å². The van der Waals surface area contributed by atoms with Crippen LogP contribution in [0.4, 0.5) is 22.7 Å². The lowest BCUT2D eigenvalue weighted by molar-refractivity contribution is -0.142. The zero-order chi connectivity index (χ0) is 15.8. The summed E-state index contributed by atoms with van der Waals surface area (Å²) < 4.78 is 56.4. The monoisotopic (exact) mass is 322 g/mol. The zero-order valence-electron chi connectivity index (χ0n) is 11.2. The van der Waals surface area contributed by atoms with Gasteiger partial charge in [0.2, 0.25) is 11.8 Å². The number of alkyl halides is 3. The van der Waals surface area contributed by atoms with Crippen molar-refractivity contribution in [1.82, 2.24) is 15.0 Å². The number of thiazole rings is 1. The van der Waals surface area contributed by atoms with E-state index in [0.29, 0.717) is 10.0 Å². The highest BCUT2D eigenvalue weighted by molar-refractivity contribution is 7.18. The summed E-state index contributed by atoms with van der Waals surface area (Å²) in [7, 11) is 4.48. The molecule has 0 aliphatic heterocycles. The average Bonchev–Trinajstić information content (AvgIpc) is 2.85. The van der Waals surface area contributed by atoms with Crippen molar-refractivity contribution in [3.8, 4) is 16.6 Å². The minimum absolute atomic E-state index is 0.206. The van der Waals surface area contributed by atoms with Gasteiger partial charge in [-0.3, -0.25) is 0 Å². The van der Waals surface area contributed by atoms with Crippen molar-refractivity contribution in [3.05, 3.63) is 17.7 Å². The Kier molecular flexibility index (Phi) is 3.99. The average molecular weight is 322 g/mol. The number of nitrogens with zero attached hydrogens (tertiary/aromatic N) is 4. The van der Waals surface area contributed by atoms with Crippen molar-refractivity contribution >= 4 is 16.5 Å². The Balaban J connectivity index is 2.54. The van der Waals surface area contributed by atoms with E-state index in [1.165, 1.54) is 6.20 Å². The molecule has 2 aromatic heterocycles. The molecule has 0 unspecified atom stereocenters. The molecule has 0 aliphatic rings. The molecule has 2 heterocycles. The second-order valence-corrected chi connectivity index (χ2v) is 5.13. The van der Waals surface area contributed by atoms with Crippen LogP contribution in [0.1, 0.15) is 5.56 Å². The Bertz CT molecular complexity index is 656. The predicted molar refractivity (Wildman–Crippen MR) is 69.0 cm³/mol. The summed E-state index contributed by atoms with van der Waals surface area (Å²) in [6.07, 6.45) is -3.57. The normalized spacial score (nSPS) is 11.6. The molecule has 5 nitrogen and oxygen atoms in total. The van der Waals surface area contributed by atoms with Gasteiger partial charge in [0.25, 0.3) is 0 Å². The van der Waals surface area contributed by atoms with Gasteiger partial charge in [-0.25, -0.2) is 4.98 Å². The van der Waals surface area contributed by atoms with Gasteiger partial charge in [0.15, 0.2) is 16.5 Å². The minimum Gasteiger partial charge on any atom is -0.480 e. The Labute approximate surface area is 121 Å². The first-order valence-corrected chi connectivity index (χ1v) is 6.38. The van der Waals surface area contributed by atoms with Gasteiger partial charge in [0.1, 0.15) is 0 Å². The van der Waals surface area contributed by atoms with Crippen molar-refractivity contribution in [2.45, 2.75) is 6.18 Å². The van der Waals surface area contributed by atoms with Crippen LogP contribution in [0, 0.1) is 5.95 Å². The van der Waals surface area contributed by atoms with Crippen molar-refractivity contribution in [3.63, 3.8) is 0 Å². The Morgan fingerprint density at radius 2 is 1.90 bits per heavy atom. The number of ether oxygens (including phenoxy) is 1. The van der Waals surface area contributed by atoms with Crippen molar-refractivity contribution in [1.29, 1.82) is 0 Å². The van der Waals surface area contributed by atoms with Crippen molar-refractivity contribution in [2.75, 3.05) is 26.1 Å². The second-order valence-electron chi connectivity index (χ2n) is 4.12. The summed E-state index contributed by atoms with van der Waals surface area (Å²) >= 11 is 1.12. The molecule has 0 radical (unpaired) electrons. The number of anilines is 1. The van der Waals surface area contributed by atoms with Gasteiger partial charge in [-0.1, -0.05) is 11.3 Å². The molecule has 0 fully saturated rings.